The number of hydrogen-bond donors (Lipinski definition) is 4. The largest absolute Gasteiger partial charge is 0.331 e. The quantitative estimate of drug-likeness (QED) is 0.433. The highest BCUT2D eigenvalue weighted by Gasteiger charge is 2.08. The van der Waals surface area contributed by atoms with Crippen LogP contribution in [0.2, 0.25) is 0 Å². The van der Waals surface area contributed by atoms with Crippen molar-refractivity contribution < 1.29 is 18.4 Å². The van der Waals surface area contributed by atoms with Crippen LogP contribution in [-0.4, -0.2) is 28.4 Å². The number of nitrogens with one attached hydrogen (secondary N) is 4. The molecule has 0 unspecified atom stereocenters. The van der Waals surface area contributed by atoms with Crippen molar-refractivity contribution >= 4 is 52.3 Å². The molecule has 27 heavy (non-hydrogen) atoms. The lowest BCUT2D eigenvalue weighted by atomic mass is 10.3. The maximum Gasteiger partial charge on any atom is 0.248 e. The molecule has 0 aliphatic heterocycles. The van der Waals surface area contributed by atoms with Crippen LogP contribution in [0.3, 0.4) is 0 Å². The van der Waals surface area contributed by atoms with Gasteiger partial charge in [0.05, 0.1) is 17.2 Å². The molecule has 0 radical (unpaired) electrons. The number of benzene rings is 2. The Kier molecular flexibility index (Phi) is 7.96. The SMILES string of the molecule is O=C(CSCC(=O)Nc1ccccc1F)NNC(=S)Nc1ccc(F)cc1. The number of thioether (sulfide) groups is 1. The van der Waals surface area contributed by atoms with Crippen LogP contribution in [0.1, 0.15) is 0 Å². The van der Waals surface area contributed by atoms with Gasteiger partial charge in [0.25, 0.3) is 0 Å². The number of thiocarbonyl (C=S) groups is 1. The van der Waals surface area contributed by atoms with Gasteiger partial charge in [-0.1, -0.05) is 12.1 Å². The molecule has 0 spiro atoms. The predicted molar refractivity (Wildman–Crippen MR) is 106 cm³/mol. The fourth-order valence-corrected chi connectivity index (χ4v) is 2.63. The zero-order chi connectivity index (χ0) is 19.6. The van der Waals surface area contributed by atoms with E-state index < -0.39 is 17.6 Å². The van der Waals surface area contributed by atoms with E-state index in [0.717, 1.165) is 11.8 Å². The minimum Gasteiger partial charge on any atom is -0.331 e. The Hall–Kier alpha value is -2.72. The molecule has 0 saturated carbocycles. The van der Waals surface area contributed by atoms with E-state index >= 15 is 0 Å². The summed E-state index contributed by atoms with van der Waals surface area (Å²) in [6.07, 6.45) is 0. The van der Waals surface area contributed by atoms with Crippen LogP contribution >= 0.6 is 24.0 Å². The van der Waals surface area contributed by atoms with Gasteiger partial charge in [-0.2, -0.15) is 0 Å². The number of hydrogen-bond acceptors (Lipinski definition) is 4. The summed E-state index contributed by atoms with van der Waals surface area (Å²) in [6.45, 7) is 0. The van der Waals surface area contributed by atoms with Crippen molar-refractivity contribution in [1.29, 1.82) is 0 Å². The number of carbonyl (C=O) groups is 2. The summed E-state index contributed by atoms with van der Waals surface area (Å²) in [5, 5.41) is 5.31. The van der Waals surface area contributed by atoms with E-state index in [0.29, 0.717) is 5.69 Å². The van der Waals surface area contributed by atoms with Crippen molar-refractivity contribution in [2.45, 2.75) is 0 Å². The third kappa shape index (κ3) is 7.59. The number of halogens is 2. The molecule has 10 heteroatoms. The molecule has 2 aromatic rings. The van der Waals surface area contributed by atoms with Gasteiger partial charge in [0.1, 0.15) is 11.6 Å². The number of amides is 2. The van der Waals surface area contributed by atoms with Gasteiger partial charge in [-0.15, -0.1) is 11.8 Å². The Morgan fingerprint density at radius 1 is 0.889 bits per heavy atom. The normalized spacial score (nSPS) is 10.0. The van der Waals surface area contributed by atoms with Crippen molar-refractivity contribution in [3.63, 3.8) is 0 Å². The Labute approximate surface area is 164 Å². The van der Waals surface area contributed by atoms with E-state index in [2.05, 4.69) is 21.5 Å². The number of carbonyl (C=O) groups excluding carboxylic acids is 2. The lowest BCUT2D eigenvalue weighted by molar-refractivity contribution is -0.119. The van der Waals surface area contributed by atoms with Crippen LogP contribution in [0, 0.1) is 11.6 Å². The smallest absolute Gasteiger partial charge is 0.248 e. The van der Waals surface area contributed by atoms with Gasteiger partial charge in [0.15, 0.2) is 5.11 Å². The van der Waals surface area contributed by atoms with Crippen LogP contribution < -0.4 is 21.5 Å². The first-order chi connectivity index (χ1) is 12.9. The molecule has 0 aliphatic carbocycles. The highest BCUT2D eigenvalue weighted by molar-refractivity contribution is 8.00. The van der Waals surface area contributed by atoms with Crippen LogP contribution in [0.5, 0.6) is 0 Å². The first-order valence-electron chi connectivity index (χ1n) is 7.67. The third-order valence-electron chi connectivity index (χ3n) is 3.03. The first kappa shape index (κ1) is 20.6. The maximum atomic E-state index is 13.4. The molecule has 2 aromatic carbocycles. The number of rotatable bonds is 6. The lowest BCUT2D eigenvalue weighted by Crippen LogP contribution is -2.44. The lowest BCUT2D eigenvalue weighted by Gasteiger charge is -2.11. The monoisotopic (exact) mass is 410 g/mol. The number of para-hydroxylation sites is 1. The average molecular weight is 410 g/mol. The molecule has 2 rings (SSSR count). The van der Waals surface area contributed by atoms with E-state index in [1.165, 1.54) is 42.5 Å². The number of anilines is 2. The first-order valence-corrected chi connectivity index (χ1v) is 9.24. The molecule has 0 heterocycles. The van der Waals surface area contributed by atoms with Gasteiger partial charge in [-0.25, -0.2) is 8.78 Å². The second kappa shape index (κ2) is 10.4. The molecular formula is C17H16F2N4O2S2. The summed E-state index contributed by atoms with van der Waals surface area (Å²) in [6, 6.07) is 11.3. The standard InChI is InChI=1S/C17H16F2N4O2S2/c18-11-5-7-12(8-6-11)20-17(26)23-22-16(25)10-27-9-15(24)21-14-4-2-1-3-13(14)19/h1-8H,9-10H2,(H,21,24)(H,22,25)(H2,20,23,26). The molecule has 142 valence electrons. The summed E-state index contributed by atoms with van der Waals surface area (Å²) in [5.74, 6) is -1.73. The van der Waals surface area contributed by atoms with Gasteiger partial charge < -0.3 is 10.6 Å². The van der Waals surface area contributed by atoms with Crippen LogP contribution in [-0.2, 0) is 9.59 Å². The fourth-order valence-electron chi connectivity index (χ4n) is 1.84. The van der Waals surface area contributed by atoms with E-state index in [4.69, 9.17) is 12.2 Å². The van der Waals surface area contributed by atoms with Gasteiger partial charge in [0.2, 0.25) is 11.8 Å². The number of hydrazine groups is 1. The topological polar surface area (TPSA) is 82.3 Å². The fraction of sp³-hybridized carbons (Fsp3) is 0.118. The Morgan fingerprint density at radius 2 is 1.56 bits per heavy atom. The molecule has 0 aliphatic rings. The molecule has 2 amide bonds. The van der Waals surface area contributed by atoms with E-state index in [1.54, 1.807) is 6.07 Å². The van der Waals surface area contributed by atoms with Gasteiger partial charge in [0, 0.05) is 5.69 Å². The average Bonchev–Trinajstić information content (AvgIpc) is 2.64. The molecule has 6 nitrogen and oxygen atoms in total. The van der Waals surface area contributed by atoms with Crippen molar-refractivity contribution in [3.8, 4) is 0 Å². The Bertz CT molecular complexity index is 819. The predicted octanol–water partition coefficient (Wildman–Crippen LogP) is 2.65. The minimum atomic E-state index is -0.528. The van der Waals surface area contributed by atoms with Crippen LogP contribution in [0.15, 0.2) is 48.5 Å². The van der Waals surface area contributed by atoms with E-state index in [1.807, 2.05) is 0 Å². The third-order valence-corrected chi connectivity index (χ3v) is 4.17. The summed E-state index contributed by atoms with van der Waals surface area (Å²) < 4.78 is 26.2. The second-order valence-electron chi connectivity index (χ2n) is 5.16. The van der Waals surface area contributed by atoms with Gasteiger partial charge in [-0.05, 0) is 48.6 Å². The van der Waals surface area contributed by atoms with E-state index in [9.17, 15) is 18.4 Å². The summed E-state index contributed by atoms with van der Waals surface area (Å²) >= 11 is 6.05. The maximum absolute atomic E-state index is 13.4. The van der Waals surface area contributed by atoms with Crippen molar-refractivity contribution in [2.75, 3.05) is 22.1 Å². The highest BCUT2D eigenvalue weighted by atomic mass is 32.2. The van der Waals surface area contributed by atoms with Crippen LogP contribution in [0.4, 0.5) is 20.2 Å². The van der Waals surface area contributed by atoms with E-state index in [-0.39, 0.29) is 28.1 Å². The van der Waals surface area contributed by atoms with Gasteiger partial charge >= 0.3 is 0 Å². The molecule has 0 aromatic heterocycles. The molecule has 4 N–H and O–H groups in total. The molecule has 0 saturated heterocycles. The van der Waals surface area contributed by atoms with Crippen molar-refractivity contribution in [1.82, 2.24) is 10.9 Å². The minimum absolute atomic E-state index is 0.00312. The Balaban J connectivity index is 1.63. The molecular weight excluding hydrogens is 394 g/mol. The zero-order valence-corrected chi connectivity index (χ0v) is 15.6. The summed E-state index contributed by atoms with van der Waals surface area (Å²) in [7, 11) is 0. The summed E-state index contributed by atoms with van der Waals surface area (Å²) in [5.41, 5.74) is 5.51. The second-order valence-corrected chi connectivity index (χ2v) is 6.55. The van der Waals surface area contributed by atoms with Crippen LogP contribution in [0.25, 0.3) is 0 Å². The summed E-state index contributed by atoms with van der Waals surface area (Å²) in [4.78, 5) is 23.5. The van der Waals surface area contributed by atoms with Gasteiger partial charge in [-0.3, -0.25) is 20.4 Å². The van der Waals surface area contributed by atoms with Crippen molar-refractivity contribution in [3.05, 3.63) is 60.2 Å². The molecule has 0 fully saturated rings. The zero-order valence-electron chi connectivity index (χ0n) is 13.9. The highest BCUT2D eigenvalue weighted by Crippen LogP contribution is 2.13. The Morgan fingerprint density at radius 3 is 2.26 bits per heavy atom. The molecule has 0 atom stereocenters. The molecule has 0 bridgehead atoms. The van der Waals surface area contributed by atoms with Crippen molar-refractivity contribution in [2.24, 2.45) is 0 Å².